The van der Waals surface area contributed by atoms with Gasteiger partial charge in [0.1, 0.15) is 11.5 Å². The van der Waals surface area contributed by atoms with Gasteiger partial charge in [-0.2, -0.15) is 0 Å². The summed E-state index contributed by atoms with van der Waals surface area (Å²) in [7, 11) is 0. The number of nitrogens with one attached hydrogen (secondary N) is 1. The molecule has 4 nitrogen and oxygen atoms in total. The molecule has 0 amide bonds. The first kappa shape index (κ1) is 13.2. The Bertz CT molecular complexity index is 418. The highest BCUT2D eigenvalue weighted by Gasteiger charge is 2.28. The van der Waals surface area contributed by atoms with Crippen molar-refractivity contribution in [1.82, 2.24) is 5.32 Å². The molecule has 1 aliphatic rings. The lowest BCUT2D eigenvalue weighted by molar-refractivity contribution is -0.0630. The zero-order valence-electron chi connectivity index (χ0n) is 10.9. The molecule has 0 aliphatic carbocycles. The fourth-order valence-electron chi connectivity index (χ4n) is 2.36. The van der Waals surface area contributed by atoms with Gasteiger partial charge in [0.15, 0.2) is 0 Å². The molecule has 2 rings (SSSR count). The van der Waals surface area contributed by atoms with E-state index in [1.54, 1.807) is 12.1 Å². The number of ether oxygens (including phenoxy) is 1. The van der Waals surface area contributed by atoms with Crippen LogP contribution in [0.3, 0.4) is 0 Å². The molecule has 1 unspecified atom stereocenters. The van der Waals surface area contributed by atoms with Crippen molar-refractivity contribution in [1.29, 1.82) is 0 Å². The first-order valence-electron chi connectivity index (χ1n) is 6.34. The van der Waals surface area contributed by atoms with Gasteiger partial charge < -0.3 is 20.3 Å². The van der Waals surface area contributed by atoms with Gasteiger partial charge in [-0.3, -0.25) is 0 Å². The molecule has 3 N–H and O–H groups in total. The maximum absolute atomic E-state index is 9.70. The SMILES string of the molecule is CC1(C)CC(NCc2ccc(O)cc2O)CCO1. The van der Waals surface area contributed by atoms with Crippen LogP contribution in [0.2, 0.25) is 0 Å². The van der Waals surface area contributed by atoms with E-state index in [1.807, 2.05) is 0 Å². The van der Waals surface area contributed by atoms with Crippen molar-refractivity contribution < 1.29 is 14.9 Å². The van der Waals surface area contributed by atoms with Gasteiger partial charge in [-0.1, -0.05) is 6.07 Å². The second kappa shape index (κ2) is 5.16. The second-order valence-electron chi connectivity index (χ2n) is 5.49. The predicted octanol–water partition coefficient (Wildman–Crippen LogP) is 2.14. The molecule has 1 saturated heterocycles. The summed E-state index contributed by atoms with van der Waals surface area (Å²) in [5, 5.41) is 22.4. The molecular formula is C14H21NO3. The molecule has 0 bridgehead atoms. The maximum atomic E-state index is 9.70. The Hall–Kier alpha value is -1.26. The minimum Gasteiger partial charge on any atom is -0.508 e. The lowest BCUT2D eigenvalue weighted by Crippen LogP contribution is -2.43. The van der Waals surface area contributed by atoms with Crippen LogP contribution in [-0.4, -0.2) is 28.5 Å². The van der Waals surface area contributed by atoms with Crippen molar-refractivity contribution in [2.75, 3.05) is 6.61 Å². The fraction of sp³-hybridized carbons (Fsp3) is 0.571. The molecule has 1 aliphatic heterocycles. The number of phenols is 2. The summed E-state index contributed by atoms with van der Waals surface area (Å²) in [5.74, 6) is 0.220. The highest BCUT2D eigenvalue weighted by molar-refractivity contribution is 5.38. The van der Waals surface area contributed by atoms with Gasteiger partial charge >= 0.3 is 0 Å². The minimum absolute atomic E-state index is 0.0765. The summed E-state index contributed by atoms with van der Waals surface area (Å²) in [4.78, 5) is 0. The Morgan fingerprint density at radius 1 is 1.39 bits per heavy atom. The van der Waals surface area contributed by atoms with E-state index in [0.717, 1.165) is 25.0 Å². The van der Waals surface area contributed by atoms with Gasteiger partial charge in [0, 0.05) is 30.8 Å². The highest BCUT2D eigenvalue weighted by Crippen LogP contribution is 2.26. The third-order valence-electron chi connectivity index (χ3n) is 3.35. The van der Waals surface area contributed by atoms with Crippen molar-refractivity contribution in [2.45, 2.75) is 44.9 Å². The topological polar surface area (TPSA) is 61.7 Å². The van der Waals surface area contributed by atoms with E-state index < -0.39 is 0 Å². The predicted molar refractivity (Wildman–Crippen MR) is 69.7 cm³/mol. The summed E-state index contributed by atoms with van der Waals surface area (Å²) in [5.41, 5.74) is 0.726. The minimum atomic E-state index is -0.0765. The molecule has 1 heterocycles. The Kier molecular flexibility index (Phi) is 3.78. The van der Waals surface area contributed by atoms with Gasteiger partial charge in [-0.15, -0.1) is 0 Å². The molecule has 1 atom stereocenters. The molecule has 0 aromatic heterocycles. The molecule has 1 aromatic rings. The first-order valence-corrected chi connectivity index (χ1v) is 6.34. The van der Waals surface area contributed by atoms with Crippen LogP contribution >= 0.6 is 0 Å². The van der Waals surface area contributed by atoms with E-state index >= 15 is 0 Å². The Balaban J connectivity index is 1.91. The van der Waals surface area contributed by atoms with Crippen LogP contribution in [0.15, 0.2) is 18.2 Å². The molecule has 0 saturated carbocycles. The summed E-state index contributed by atoms with van der Waals surface area (Å²) in [6, 6.07) is 5.10. The van der Waals surface area contributed by atoms with E-state index in [1.165, 1.54) is 6.07 Å². The summed E-state index contributed by atoms with van der Waals surface area (Å²) < 4.78 is 5.66. The molecule has 0 spiro atoms. The number of rotatable bonds is 3. The average Bonchev–Trinajstić information content (AvgIpc) is 2.26. The second-order valence-corrected chi connectivity index (χ2v) is 5.49. The molecule has 18 heavy (non-hydrogen) atoms. The van der Waals surface area contributed by atoms with E-state index in [2.05, 4.69) is 19.2 Å². The highest BCUT2D eigenvalue weighted by atomic mass is 16.5. The zero-order valence-corrected chi connectivity index (χ0v) is 10.9. The number of hydrogen-bond donors (Lipinski definition) is 3. The van der Waals surface area contributed by atoms with Crippen LogP contribution < -0.4 is 5.32 Å². The van der Waals surface area contributed by atoms with Gasteiger partial charge in [-0.25, -0.2) is 0 Å². The van der Waals surface area contributed by atoms with E-state index in [9.17, 15) is 10.2 Å². The lowest BCUT2D eigenvalue weighted by atomic mass is 9.94. The Morgan fingerprint density at radius 2 is 2.17 bits per heavy atom. The van der Waals surface area contributed by atoms with Crippen LogP contribution in [0.4, 0.5) is 0 Å². The van der Waals surface area contributed by atoms with Crippen LogP contribution in [0, 0.1) is 0 Å². The molecule has 1 fully saturated rings. The average molecular weight is 251 g/mol. The van der Waals surface area contributed by atoms with Gasteiger partial charge in [0.05, 0.1) is 5.60 Å². The maximum Gasteiger partial charge on any atom is 0.123 e. The summed E-state index contributed by atoms with van der Waals surface area (Å²) >= 11 is 0. The monoisotopic (exact) mass is 251 g/mol. The zero-order chi connectivity index (χ0) is 13.2. The number of hydrogen-bond acceptors (Lipinski definition) is 4. The summed E-state index contributed by atoms with van der Waals surface area (Å²) in [6.07, 6.45) is 1.95. The molecule has 4 heteroatoms. The Morgan fingerprint density at radius 3 is 2.83 bits per heavy atom. The standard InChI is InChI=1S/C14H21NO3/c1-14(2)8-11(5-6-18-14)15-9-10-3-4-12(16)7-13(10)17/h3-4,7,11,15-17H,5-6,8-9H2,1-2H3. The van der Waals surface area contributed by atoms with Crippen molar-refractivity contribution in [2.24, 2.45) is 0 Å². The Labute approximate surface area is 108 Å². The normalized spacial score (nSPS) is 22.9. The lowest BCUT2D eigenvalue weighted by Gasteiger charge is -2.36. The first-order chi connectivity index (χ1) is 8.46. The van der Waals surface area contributed by atoms with E-state index in [0.29, 0.717) is 12.6 Å². The van der Waals surface area contributed by atoms with Gasteiger partial charge in [0.2, 0.25) is 0 Å². The van der Waals surface area contributed by atoms with Crippen molar-refractivity contribution >= 4 is 0 Å². The number of aromatic hydroxyl groups is 2. The number of phenolic OH excluding ortho intramolecular Hbond substituents is 2. The van der Waals surface area contributed by atoms with Crippen LogP contribution in [0.5, 0.6) is 11.5 Å². The third kappa shape index (κ3) is 3.37. The van der Waals surface area contributed by atoms with Crippen molar-refractivity contribution in [3.05, 3.63) is 23.8 Å². The quantitative estimate of drug-likeness (QED) is 0.770. The van der Waals surface area contributed by atoms with Gasteiger partial charge in [0.25, 0.3) is 0 Å². The molecule has 0 radical (unpaired) electrons. The molecule has 1 aromatic carbocycles. The van der Waals surface area contributed by atoms with Gasteiger partial charge in [-0.05, 0) is 32.8 Å². The van der Waals surface area contributed by atoms with Crippen LogP contribution in [0.1, 0.15) is 32.3 Å². The third-order valence-corrected chi connectivity index (χ3v) is 3.35. The van der Waals surface area contributed by atoms with Crippen LogP contribution in [-0.2, 0) is 11.3 Å². The van der Waals surface area contributed by atoms with E-state index in [4.69, 9.17) is 4.74 Å². The number of benzene rings is 1. The van der Waals surface area contributed by atoms with Crippen molar-refractivity contribution in [3.8, 4) is 11.5 Å². The van der Waals surface area contributed by atoms with Crippen LogP contribution in [0.25, 0.3) is 0 Å². The summed E-state index contributed by atoms with van der Waals surface area (Å²) in [6.45, 7) is 5.57. The fourth-order valence-corrected chi connectivity index (χ4v) is 2.36. The van der Waals surface area contributed by atoms with E-state index in [-0.39, 0.29) is 17.1 Å². The molecular weight excluding hydrogens is 230 g/mol. The van der Waals surface area contributed by atoms with Crippen molar-refractivity contribution in [3.63, 3.8) is 0 Å². The largest absolute Gasteiger partial charge is 0.508 e. The smallest absolute Gasteiger partial charge is 0.123 e. The molecule has 100 valence electrons.